The monoisotopic (exact) mass is 418 g/mol. The van der Waals surface area contributed by atoms with Crippen LogP contribution in [0.15, 0.2) is 30.6 Å². The fourth-order valence-corrected chi connectivity index (χ4v) is 3.06. The van der Waals surface area contributed by atoms with Gasteiger partial charge in [0.25, 0.3) is 0 Å². The van der Waals surface area contributed by atoms with Gasteiger partial charge in [0, 0.05) is 30.2 Å². The Morgan fingerprint density at radius 3 is 2.38 bits per heavy atom. The molecule has 140 valence electrons. The Kier molecular flexibility index (Phi) is 7.32. The topological polar surface area (TPSA) is 66.0 Å². The van der Waals surface area contributed by atoms with Crippen LogP contribution in [0.5, 0.6) is 0 Å². The summed E-state index contributed by atoms with van der Waals surface area (Å²) in [6.07, 6.45) is 3.63. The highest BCUT2D eigenvalue weighted by molar-refractivity contribution is 6.38. The zero-order chi connectivity index (χ0) is 19.3. The smallest absolute Gasteiger partial charge is 0.319 e. The number of benzene rings is 1. The van der Waals surface area contributed by atoms with Crippen molar-refractivity contribution in [1.29, 1.82) is 0 Å². The zero-order valence-corrected chi connectivity index (χ0v) is 16.4. The summed E-state index contributed by atoms with van der Waals surface area (Å²) >= 11 is 17.9. The quantitative estimate of drug-likeness (QED) is 0.572. The fraction of sp³-hybridized carbons (Fsp3) is 0.294. The summed E-state index contributed by atoms with van der Waals surface area (Å²) < 4.78 is 13.1. The van der Waals surface area contributed by atoms with Crippen molar-refractivity contribution in [2.24, 2.45) is 0 Å². The molecule has 26 heavy (non-hydrogen) atoms. The second-order valence-corrected chi connectivity index (χ2v) is 7.11. The van der Waals surface area contributed by atoms with Gasteiger partial charge in [0.15, 0.2) is 0 Å². The SMILES string of the molecule is CC(CC(C)Nc1c(Cl)cncc1Cl)NC(=O)Nc1ccc(F)c(Cl)c1. The number of rotatable bonds is 6. The van der Waals surface area contributed by atoms with Crippen molar-refractivity contribution in [3.8, 4) is 0 Å². The van der Waals surface area contributed by atoms with Crippen LogP contribution in [-0.2, 0) is 0 Å². The van der Waals surface area contributed by atoms with Crippen LogP contribution in [0.4, 0.5) is 20.6 Å². The Bertz CT molecular complexity index is 770. The van der Waals surface area contributed by atoms with Crippen LogP contribution in [0.2, 0.25) is 15.1 Å². The number of aromatic nitrogens is 1. The van der Waals surface area contributed by atoms with Crippen molar-refractivity contribution >= 4 is 52.2 Å². The van der Waals surface area contributed by atoms with Gasteiger partial charge in [0.1, 0.15) is 5.82 Å². The van der Waals surface area contributed by atoms with Crippen LogP contribution < -0.4 is 16.0 Å². The van der Waals surface area contributed by atoms with Crippen LogP contribution in [0.1, 0.15) is 20.3 Å². The van der Waals surface area contributed by atoms with Gasteiger partial charge in [-0.2, -0.15) is 0 Å². The molecule has 3 N–H and O–H groups in total. The molecule has 0 saturated heterocycles. The molecule has 9 heteroatoms. The first-order valence-electron chi connectivity index (χ1n) is 7.84. The van der Waals surface area contributed by atoms with E-state index in [1.807, 2.05) is 13.8 Å². The van der Waals surface area contributed by atoms with Crippen LogP contribution in [-0.4, -0.2) is 23.1 Å². The van der Waals surface area contributed by atoms with Gasteiger partial charge in [-0.1, -0.05) is 34.8 Å². The Balaban J connectivity index is 1.86. The summed E-state index contributed by atoms with van der Waals surface area (Å²) in [4.78, 5) is 15.9. The average Bonchev–Trinajstić information content (AvgIpc) is 2.54. The molecule has 1 aromatic carbocycles. The van der Waals surface area contributed by atoms with E-state index in [4.69, 9.17) is 34.8 Å². The Hall–Kier alpha value is -1.76. The van der Waals surface area contributed by atoms with E-state index in [9.17, 15) is 9.18 Å². The third-order valence-electron chi connectivity index (χ3n) is 3.51. The normalized spacial score (nSPS) is 13.0. The van der Waals surface area contributed by atoms with Crippen molar-refractivity contribution in [2.75, 3.05) is 10.6 Å². The molecule has 0 spiro atoms. The molecule has 0 fully saturated rings. The largest absolute Gasteiger partial charge is 0.380 e. The highest BCUT2D eigenvalue weighted by Gasteiger charge is 2.14. The van der Waals surface area contributed by atoms with Crippen molar-refractivity contribution in [3.05, 3.63) is 51.5 Å². The van der Waals surface area contributed by atoms with Gasteiger partial charge in [-0.25, -0.2) is 9.18 Å². The molecule has 2 amide bonds. The van der Waals surface area contributed by atoms with E-state index in [-0.39, 0.29) is 17.1 Å². The lowest BCUT2D eigenvalue weighted by Crippen LogP contribution is -2.38. The first-order valence-corrected chi connectivity index (χ1v) is 8.97. The minimum absolute atomic E-state index is 0.0111. The second kappa shape index (κ2) is 9.26. The Morgan fingerprint density at radius 2 is 1.77 bits per heavy atom. The molecular formula is C17H18Cl3FN4O. The number of halogens is 4. The molecule has 0 aliphatic carbocycles. The summed E-state index contributed by atoms with van der Waals surface area (Å²) in [6.45, 7) is 3.81. The molecule has 2 unspecified atom stereocenters. The van der Waals surface area contributed by atoms with Gasteiger partial charge < -0.3 is 16.0 Å². The van der Waals surface area contributed by atoms with Gasteiger partial charge in [0.05, 0.1) is 20.8 Å². The maximum atomic E-state index is 13.1. The first-order chi connectivity index (χ1) is 12.3. The van der Waals surface area contributed by atoms with Gasteiger partial charge >= 0.3 is 6.03 Å². The third kappa shape index (κ3) is 5.90. The number of urea groups is 1. The van der Waals surface area contributed by atoms with Crippen LogP contribution in [0.25, 0.3) is 0 Å². The van der Waals surface area contributed by atoms with Crippen molar-refractivity contribution in [3.63, 3.8) is 0 Å². The number of amides is 2. The molecule has 1 heterocycles. The zero-order valence-electron chi connectivity index (χ0n) is 14.1. The van der Waals surface area contributed by atoms with Gasteiger partial charge in [0.2, 0.25) is 0 Å². The molecule has 0 saturated carbocycles. The summed E-state index contributed by atoms with van der Waals surface area (Å²) in [6, 6.07) is 3.40. The van der Waals surface area contributed by atoms with Gasteiger partial charge in [-0.15, -0.1) is 0 Å². The third-order valence-corrected chi connectivity index (χ3v) is 4.37. The van der Waals surface area contributed by atoms with E-state index in [1.165, 1.54) is 30.6 Å². The van der Waals surface area contributed by atoms with Crippen LogP contribution >= 0.6 is 34.8 Å². The highest BCUT2D eigenvalue weighted by Crippen LogP contribution is 2.29. The molecular weight excluding hydrogens is 402 g/mol. The fourth-order valence-electron chi connectivity index (χ4n) is 2.41. The molecule has 2 aromatic rings. The van der Waals surface area contributed by atoms with E-state index in [2.05, 4.69) is 20.9 Å². The number of hydrogen-bond acceptors (Lipinski definition) is 3. The molecule has 0 radical (unpaired) electrons. The van der Waals surface area contributed by atoms with E-state index >= 15 is 0 Å². The predicted octanol–water partition coefficient (Wildman–Crippen LogP) is 5.58. The molecule has 1 aromatic heterocycles. The molecule has 0 aliphatic heterocycles. The molecule has 2 atom stereocenters. The lowest BCUT2D eigenvalue weighted by molar-refractivity contribution is 0.248. The van der Waals surface area contributed by atoms with Crippen molar-refractivity contribution < 1.29 is 9.18 Å². The lowest BCUT2D eigenvalue weighted by Gasteiger charge is -2.22. The van der Waals surface area contributed by atoms with Crippen LogP contribution in [0, 0.1) is 5.82 Å². The van der Waals surface area contributed by atoms with E-state index in [0.29, 0.717) is 27.8 Å². The number of carbonyl (C=O) groups excluding carboxylic acids is 1. The summed E-state index contributed by atoms with van der Waals surface area (Å²) in [5, 5.41) is 9.42. The van der Waals surface area contributed by atoms with E-state index in [1.54, 1.807) is 0 Å². The molecule has 0 bridgehead atoms. The van der Waals surface area contributed by atoms with Gasteiger partial charge in [-0.3, -0.25) is 4.98 Å². The standard InChI is InChI=1S/C17H18Cl3FN4O/c1-9(23-16-13(19)7-22-8-14(16)20)5-10(2)24-17(26)25-11-3-4-15(21)12(18)6-11/h3-4,6-10H,5H2,1-2H3,(H,22,23)(H2,24,25,26). The predicted molar refractivity (Wildman–Crippen MR) is 105 cm³/mol. The minimum atomic E-state index is -0.542. The second-order valence-electron chi connectivity index (χ2n) is 5.89. The number of nitrogens with one attached hydrogen (secondary N) is 3. The maximum absolute atomic E-state index is 13.1. The van der Waals surface area contributed by atoms with Crippen molar-refractivity contribution in [1.82, 2.24) is 10.3 Å². The molecule has 0 aliphatic rings. The highest BCUT2D eigenvalue weighted by atomic mass is 35.5. The van der Waals surface area contributed by atoms with Crippen molar-refractivity contribution in [2.45, 2.75) is 32.4 Å². The number of carbonyl (C=O) groups is 1. The molecule has 2 rings (SSSR count). The summed E-state index contributed by atoms with van der Waals surface area (Å²) in [5.41, 5.74) is 1.01. The maximum Gasteiger partial charge on any atom is 0.319 e. The lowest BCUT2D eigenvalue weighted by atomic mass is 10.1. The number of nitrogens with zero attached hydrogens (tertiary/aromatic N) is 1. The number of hydrogen-bond donors (Lipinski definition) is 3. The molecule has 5 nitrogen and oxygen atoms in total. The summed E-state index contributed by atoms with van der Waals surface area (Å²) in [7, 11) is 0. The Morgan fingerprint density at radius 1 is 1.12 bits per heavy atom. The number of anilines is 2. The van der Waals surface area contributed by atoms with E-state index < -0.39 is 11.8 Å². The number of pyridine rings is 1. The van der Waals surface area contributed by atoms with Gasteiger partial charge in [-0.05, 0) is 38.5 Å². The Labute approximate surface area is 166 Å². The first kappa shape index (κ1) is 20.6. The minimum Gasteiger partial charge on any atom is -0.380 e. The van der Waals surface area contributed by atoms with Crippen LogP contribution in [0.3, 0.4) is 0 Å². The summed E-state index contributed by atoms with van der Waals surface area (Å²) in [5.74, 6) is -0.542. The average molecular weight is 420 g/mol. The van der Waals surface area contributed by atoms with E-state index in [0.717, 1.165) is 0 Å².